The van der Waals surface area contributed by atoms with Crippen LogP contribution >= 0.6 is 11.3 Å². The van der Waals surface area contributed by atoms with Gasteiger partial charge in [-0.05, 0) is 30.3 Å². The zero-order valence-electron chi connectivity index (χ0n) is 16.1. The molecule has 1 aromatic heterocycles. The Hall–Kier alpha value is -2.98. The normalized spacial score (nSPS) is 14.5. The number of benzene rings is 2. The van der Waals surface area contributed by atoms with Crippen molar-refractivity contribution in [3.05, 3.63) is 64.9 Å². The number of hydrogen-bond acceptors (Lipinski definition) is 5. The molecule has 31 heavy (non-hydrogen) atoms. The van der Waals surface area contributed by atoms with Crippen LogP contribution in [0.5, 0.6) is 0 Å². The summed E-state index contributed by atoms with van der Waals surface area (Å²) in [5.41, 5.74) is -0.662. The third-order valence-electron chi connectivity index (χ3n) is 4.77. The number of nitrogens with zero attached hydrogens (tertiary/aromatic N) is 2. The molecule has 1 amide bonds. The fourth-order valence-electron chi connectivity index (χ4n) is 3.22. The van der Waals surface area contributed by atoms with Crippen molar-refractivity contribution in [1.29, 1.82) is 0 Å². The molecule has 0 atom stereocenters. The van der Waals surface area contributed by atoms with Gasteiger partial charge in [0, 0.05) is 24.3 Å². The number of carbonyl (C=O) groups is 1. The molecular weight excluding hydrogens is 434 g/mol. The molecule has 3 aromatic rings. The highest BCUT2D eigenvalue weighted by atomic mass is 32.1. The molecule has 4 rings (SSSR count). The quantitative estimate of drug-likeness (QED) is 0.564. The van der Waals surface area contributed by atoms with Crippen molar-refractivity contribution in [2.75, 3.05) is 36.5 Å². The van der Waals surface area contributed by atoms with E-state index in [1.807, 2.05) is 0 Å². The van der Waals surface area contributed by atoms with E-state index < -0.39 is 23.5 Å². The summed E-state index contributed by atoms with van der Waals surface area (Å²) in [6, 6.07) is 9.74. The van der Waals surface area contributed by atoms with Gasteiger partial charge in [-0.15, -0.1) is 11.3 Å². The minimum absolute atomic E-state index is 0.0728. The Morgan fingerprint density at radius 3 is 2.58 bits per heavy atom. The van der Waals surface area contributed by atoms with Crippen LogP contribution in [0.1, 0.15) is 15.2 Å². The summed E-state index contributed by atoms with van der Waals surface area (Å²) in [6.07, 6.45) is -3.44. The molecular formula is C21H17F4N3O2S. The van der Waals surface area contributed by atoms with Crippen LogP contribution in [0.4, 0.5) is 28.9 Å². The number of nitrogens with one attached hydrogen (secondary N) is 1. The number of amides is 1. The third kappa shape index (κ3) is 4.70. The first-order chi connectivity index (χ1) is 14.8. The molecule has 1 fully saturated rings. The first-order valence-electron chi connectivity index (χ1n) is 9.39. The molecule has 1 N–H and O–H groups in total. The summed E-state index contributed by atoms with van der Waals surface area (Å²) < 4.78 is 60.2. The van der Waals surface area contributed by atoms with Gasteiger partial charge in [-0.25, -0.2) is 9.37 Å². The summed E-state index contributed by atoms with van der Waals surface area (Å²) in [4.78, 5) is 18.5. The lowest BCUT2D eigenvalue weighted by molar-refractivity contribution is -0.136. The Balaban J connectivity index is 1.58. The van der Waals surface area contributed by atoms with E-state index >= 15 is 0 Å². The monoisotopic (exact) mass is 451 g/mol. The van der Waals surface area contributed by atoms with Crippen LogP contribution in [0, 0.1) is 5.82 Å². The molecule has 1 aliphatic rings. The van der Waals surface area contributed by atoms with Gasteiger partial charge in [0.1, 0.15) is 15.7 Å². The summed E-state index contributed by atoms with van der Waals surface area (Å²) in [6.45, 7) is 1.86. The lowest BCUT2D eigenvalue weighted by Crippen LogP contribution is -2.36. The average Bonchev–Trinajstić information content (AvgIpc) is 3.24. The van der Waals surface area contributed by atoms with Gasteiger partial charge in [0.05, 0.1) is 30.7 Å². The maximum atomic E-state index is 13.9. The first-order valence-corrected chi connectivity index (χ1v) is 10.2. The molecule has 0 spiro atoms. The zero-order valence-corrected chi connectivity index (χ0v) is 16.9. The molecule has 5 nitrogen and oxygen atoms in total. The fourth-order valence-corrected chi connectivity index (χ4v) is 4.05. The van der Waals surface area contributed by atoms with Crippen molar-refractivity contribution in [2.45, 2.75) is 6.18 Å². The molecule has 10 heteroatoms. The average molecular weight is 451 g/mol. The van der Waals surface area contributed by atoms with Crippen molar-refractivity contribution in [3.8, 4) is 10.6 Å². The van der Waals surface area contributed by atoms with E-state index in [4.69, 9.17) is 4.74 Å². The Labute approximate surface area is 179 Å². The molecule has 0 bridgehead atoms. The second-order valence-electron chi connectivity index (χ2n) is 6.79. The van der Waals surface area contributed by atoms with E-state index in [1.165, 1.54) is 36.5 Å². The molecule has 1 saturated heterocycles. The van der Waals surface area contributed by atoms with Crippen molar-refractivity contribution in [2.24, 2.45) is 0 Å². The van der Waals surface area contributed by atoms with E-state index in [2.05, 4.69) is 10.3 Å². The van der Waals surface area contributed by atoms with Gasteiger partial charge in [-0.2, -0.15) is 13.2 Å². The maximum absolute atomic E-state index is 13.9. The number of rotatable bonds is 4. The van der Waals surface area contributed by atoms with Crippen molar-refractivity contribution < 1.29 is 27.1 Å². The standard InChI is InChI=1S/C21H17F4N3O2S/c22-16-4-2-1-3-14(16)20-26-12-18(31-20)19(29)27-17-6-5-13(11-15(17)21(23,24)25)28-7-9-30-10-8-28/h1-6,11-12H,7-10H2,(H,27,29). The molecule has 0 saturated carbocycles. The number of aromatic nitrogens is 1. The van der Waals surface area contributed by atoms with Crippen molar-refractivity contribution in [1.82, 2.24) is 4.98 Å². The van der Waals surface area contributed by atoms with Gasteiger partial charge in [0.15, 0.2) is 0 Å². The minimum atomic E-state index is -4.66. The van der Waals surface area contributed by atoms with E-state index in [-0.39, 0.29) is 21.1 Å². The molecule has 0 unspecified atom stereocenters. The molecule has 1 aliphatic heterocycles. The summed E-state index contributed by atoms with van der Waals surface area (Å²) in [5, 5.41) is 2.58. The molecule has 0 aliphatic carbocycles. The number of thiazole rings is 1. The second kappa shape index (κ2) is 8.64. The predicted molar refractivity (Wildman–Crippen MR) is 110 cm³/mol. The van der Waals surface area contributed by atoms with Crippen LogP contribution < -0.4 is 10.2 Å². The molecule has 2 heterocycles. The third-order valence-corrected chi connectivity index (χ3v) is 5.80. The van der Waals surface area contributed by atoms with Gasteiger partial charge in [0.2, 0.25) is 0 Å². The number of carbonyl (C=O) groups excluding carboxylic acids is 1. The number of halogens is 4. The number of alkyl halides is 3. The lowest BCUT2D eigenvalue weighted by atomic mass is 10.1. The number of morpholine rings is 1. The van der Waals surface area contributed by atoms with Gasteiger partial charge < -0.3 is 15.0 Å². The summed E-state index contributed by atoms with van der Waals surface area (Å²) in [7, 11) is 0. The van der Waals surface area contributed by atoms with Crippen LogP contribution in [0.15, 0.2) is 48.7 Å². The maximum Gasteiger partial charge on any atom is 0.418 e. The SMILES string of the molecule is O=C(Nc1ccc(N2CCOCC2)cc1C(F)(F)F)c1cnc(-c2ccccc2F)s1. The number of ether oxygens (including phenoxy) is 1. The zero-order chi connectivity index (χ0) is 22.0. The Morgan fingerprint density at radius 1 is 1.13 bits per heavy atom. The van der Waals surface area contributed by atoms with E-state index in [1.54, 1.807) is 11.0 Å². The van der Waals surface area contributed by atoms with Crippen LogP contribution in [0.3, 0.4) is 0 Å². The van der Waals surface area contributed by atoms with Crippen LogP contribution in [0.2, 0.25) is 0 Å². The smallest absolute Gasteiger partial charge is 0.378 e. The Morgan fingerprint density at radius 2 is 1.87 bits per heavy atom. The van der Waals surface area contributed by atoms with Crippen molar-refractivity contribution in [3.63, 3.8) is 0 Å². The summed E-state index contributed by atoms with van der Waals surface area (Å²) >= 11 is 0.900. The highest BCUT2D eigenvalue weighted by Gasteiger charge is 2.35. The Kier molecular flexibility index (Phi) is 5.92. The van der Waals surface area contributed by atoms with Gasteiger partial charge in [-0.1, -0.05) is 12.1 Å². The van der Waals surface area contributed by atoms with Crippen molar-refractivity contribution >= 4 is 28.6 Å². The van der Waals surface area contributed by atoms with Crippen LogP contribution in [0.25, 0.3) is 10.6 Å². The number of anilines is 2. The minimum Gasteiger partial charge on any atom is -0.378 e. The molecule has 0 radical (unpaired) electrons. The van der Waals surface area contributed by atoms with E-state index in [0.717, 1.165) is 17.4 Å². The summed E-state index contributed by atoms with van der Waals surface area (Å²) in [5.74, 6) is -1.24. The highest BCUT2D eigenvalue weighted by Crippen LogP contribution is 2.38. The largest absolute Gasteiger partial charge is 0.418 e. The topological polar surface area (TPSA) is 54.5 Å². The lowest BCUT2D eigenvalue weighted by Gasteiger charge is -2.29. The van der Waals surface area contributed by atoms with Gasteiger partial charge in [0.25, 0.3) is 5.91 Å². The van der Waals surface area contributed by atoms with E-state index in [9.17, 15) is 22.4 Å². The molecule has 2 aromatic carbocycles. The number of hydrogen-bond donors (Lipinski definition) is 1. The van der Waals surface area contributed by atoms with Crippen LogP contribution in [-0.4, -0.2) is 37.2 Å². The Bertz CT molecular complexity index is 1090. The van der Waals surface area contributed by atoms with Crippen LogP contribution in [-0.2, 0) is 10.9 Å². The van der Waals surface area contributed by atoms with Gasteiger partial charge in [-0.3, -0.25) is 4.79 Å². The first kappa shape index (κ1) is 21.3. The fraction of sp³-hybridized carbons (Fsp3) is 0.238. The van der Waals surface area contributed by atoms with E-state index in [0.29, 0.717) is 32.0 Å². The highest BCUT2D eigenvalue weighted by molar-refractivity contribution is 7.17. The second-order valence-corrected chi connectivity index (χ2v) is 7.82. The van der Waals surface area contributed by atoms with Gasteiger partial charge >= 0.3 is 6.18 Å². The predicted octanol–water partition coefficient (Wildman–Crippen LogP) is 5.06. The molecule has 162 valence electrons.